The number of hydrogen-bond donors (Lipinski definition) is 2. The lowest BCUT2D eigenvalue weighted by molar-refractivity contribution is -0.0481. The molecule has 3 rings (SSSR count). The van der Waals surface area contributed by atoms with Crippen molar-refractivity contribution in [1.29, 1.82) is 0 Å². The first kappa shape index (κ1) is 22.2. The summed E-state index contributed by atoms with van der Waals surface area (Å²) in [5.41, 5.74) is -0.530. The fourth-order valence-corrected chi connectivity index (χ4v) is 2.74. The first-order chi connectivity index (χ1) is 14.7. The number of carbonyl (C=O) groups is 1. The number of aliphatic hydroxyl groups is 1. The molecule has 0 aliphatic heterocycles. The lowest BCUT2D eigenvalue weighted by atomic mass is 10.1. The second-order valence-corrected chi connectivity index (χ2v) is 6.57. The van der Waals surface area contributed by atoms with Crippen LogP contribution in [0.3, 0.4) is 0 Å². The van der Waals surface area contributed by atoms with Crippen molar-refractivity contribution in [1.82, 2.24) is 24.9 Å². The number of hydrogen-bond acceptors (Lipinski definition) is 5. The maximum absolute atomic E-state index is 13.1. The molecule has 0 aliphatic carbocycles. The van der Waals surface area contributed by atoms with Crippen LogP contribution in [0.25, 0.3) is 16.9 Å². The molecule has 2 N–H and O–H groups in total. The summed E-state index contributed by atoms with van der Waals surface area (Å²) in [6, 6.07) is 4.47. The number of rotatable bonds is 7. The van der Waals surface area contributed by atoms with Crippen molar-refractivity contribution in [2.75, 3.05) is 0 Å². The van der Waals surface area contributed by atoms with Crippen LogP contribution in [0.2, 0.25) is 0 Å². The molecule has 12 heteroatoms. The average molecular weight is 439 g/mol. The molecule has 2 heterocycles. The van der Waals surface area contributed by atoms with Gasteiger partial charge in [0.1, 0.15) is 24.0 Å². The van der Waals surface area contributed by atoms with E-state index in [4.69, 9.17) is 5.11 Å². The highest BCUT2D eigenvalue weighted by Gasteiger charge is 2.31. The van der Waals surface area contributed by atoms with Crippen molar-refractivity contribution >= 4 is 5.91 Å². The van der Waals surface area contributed by atoms with Gasteiger partial charge in [0.25, 0.3) is 17.9 Å². The molecule has 0 aliphatic rings. The molecule has 0 fully saturated rings. The normalized spacial score (nSPS) is 13.3. The van der Waals surface area contributed by atoms with Gasteiger partial charge in [0.05, 0.1) is 18.1 Å². The zero-order valence-electron chi connectivity index (χ0n) is 16.0. The Kier molecular flexibility index (Phi) is 6.49. The van der Waals surface area contributed by atoms with Crippen molar-refractivity contribution in [3.05, 3.63) is 64.2 Å². The third-order valence-electron chi connectivity index (χ3n) is 4.36. The molecule has 0 bridgehead atoms. The third kappa shape index (κ3) is 4.79. The van der Waals surface area contributed by atoms with Gasteiger partial charge in [-0.1, -0.05) is 24.3 Å². The van der Waals surface area contributed by atoms with E-state index >= 15 is 0 Å². The van der Waals surface area contributed by atoms with Gasteiger partial charge in [0.15, 0.2) is 0 Å². The summed E-state index contributed by atoms with van der Waals surface area (Å²) >= 11 is 0. The van der Waals surface area contributed by atoms with Crippen LogP contribution < -0.4 is 10.9 Å². The highest BCUT2D eigenvalue weighted by atomic mass is 19.3. The number of alkyl halides is 4. The van der Waals surface area contributed by atoms with E-state index < -0.39 is 42.5 Å². The van der Waals surface area contributed by atoms with Crippen molar-refractivity contribution in [2.45, 2.75) is 25.5 Å². The molecule has 3 aromatic rings. The van der Waals surface area contributed by atoms with E-state index in [1.54, 1.807) is 12.4 Å². The van der Waals surface area contributed by atoms with Crippen LogP contribution in [0, 0.1) is 0 Å². The van der Waals surface area contributed by atoms with E-state index in [-0.39, 0.29) is 11.4 Å². The number of aromatic nitrogens is 4. The number of halogens is 4. The summed E-state index contributed by atoms with van der Waals surface area (Å²) < 4.78 is 54.0. The van der Waals surface area contributed by atoms with Crippen LogP contribution in [0.1, 0.15) is 15.9 Å². The molecule has 1 amide bonds. The molecule has 0 saturated carbocycles. The Hall–Kier alpha value is -3.54. The zero-order chi connectivity index (χ0) is 22.7. The average Bonchev–Trinajstić information content (AvgIpc) is 3.17. The number of carbonyl (C=O) groups excluding carboxylic acids is 1. The van der Waals surface area contributed by atoms with E-state index in [9.17, 15) is 27.2 Å². The first-order valence-electron chi connectivity index (χ1n) is 8.91. The molecule has 0 radical (unpaired) electrons. The second-order valence-electron chi connectivity index (χ2n) is 6.57. The molecule has 1 unspecified atom stereocenters. The largest absolute Gasteiger partial charge is 0.362 e. The SMILES string of the molecule is Cn1cc(-n2nc(-c3ccc(CF)cc3)cc(C(=O)N[C@H](C(O)F)C(F)F)c2=O)cn1. The van der Waals surface area contributed by atoms with Crippen LogP contribution in [0.4, 0.5) is 17.6 Å². The van der Waals surface area contributed by atoms with Gasteiger partial charge in [-0.25, -0.2) is 17.6 Å². The van der Waals surface area contributed by atoms with E-state index in [1.807, 2.05) is 0 Å². The molecular weight excluding hydrogens is 422 g/mol. The van der Waals surface area contributed by atoms with Gasteiger partial charge in [-0.05, 0) is 11.6 Å². The van der Waals surface area contributed by atoms with Gasteiger partial charge in [-0.3, -0.25) is 14.3 Å². The summed E-state index contributed by atoms with van der Waals surface area (Å²) in [4.78, 5) is 25.4. The number of nitrogens with zero attached hydrogens (tertiary/aromatic N) is 4. The monoisotopic (exact) mass is 439 g/mol. The number of aryl methyl sites for hydroxylation is 1. The Balaban J connectivity index is 2.12. The Morgan fingerprint density at radius 1 is 1.23 bits per heavy atom. The predicted molar refractivity (Wildman–Crippen MR) is 101 cm³/mol. The Labute approximate surface area is 172 Å². The van der Waals surface area contributed by atoms with Crippen LogP contribution in [-0.4, -0.2) is 49.4 Å². The Bertz CT molecular complexity index is 1120. The minimum Gasteiger partial charge on any atom is -0.362 e. The van der Waals surface area contributed by atoms with Crippen molar-refractivity contribution < 1.29 is 27.5 Å². The lowest BCUT2D eigenvalue weighted by Gasteiger charge is -2.18. The molecular formula is C19H17F4N5O3. The third-order valence-corrected chi connectivity index (χ3v) is 4.36. The van der Waals surface area contributed by atoms with E-state index in [0.29, 0.717) is 11.1 Å². The van der Waals surface area contributed by atoms with Gasteiger partial charge >= 0.3 is 0 Å². The molecule has 2 aromatic heterocycles. The molecule has 31 heavy (non-hydrogen) atoms. The molecule has 8 nitrogen and oxygen atoms in total. The maximum atomic E-state index is 13.1. The van der Waals surface area contributed by atoms with Gasteiger partial charge in [-0.2, -0.15) is 14.9 Å². The number of aliphatic hydroxyl groups excluding tert-OH is 1. The number of benzene rings is 1. The maximum Gasteiger partial charge on any atom is 0.284 e. The van der Waals surface area contributed by atoms with E-state index in [2.05, 4.69) is 10.2 Å². The number of nitrogens with one attached hydrogen (secondary N) is 1. The van der Waals surface area contributed by atoms with E-state index in [0.717, 1.165) is 10.7 Å². The quantitative estimate of drug-likeness (QED) is 0.547. The highest BCUT2D eigenvalue weighted by Crippen LogP contribution is 2.19. The predicted octanol–water partition coefficient (Wildman–Crippen LogP) is 1.75. The summed E-state index contributed by atoms with van der Waals surface area (Å²) in [5.74, 6) is -1.33. The van der Waals surface area contributed by atoms with E-state index in [1.165, 1.54) is 41.3 Å². The fraction of sp³-hybridized carbons (Fsp3) is 0.263. The summed E-state index contributed by atoms with van der Waals surface area (Å²) in [5, 5.41) is 18.6. The Morgan fingerprint density at radius 3 is 2.42 bits per heavy atom. The molecule has 164 valence electrons. The second kappa shape index (κ2) is 9.08. The lowest BCUT2D eigenvalue weighted by Crippen LogP contribution is -2.48. The standard InChI is InChI=1S/C19H17F4N5O3/c1-27-9-12(8-24-27)28-19(31)13(18(30)25-15(16(21)22)17(23)29)6-14(26-28)11-4-2-10(7-20)3-5-11/h2-6,8-9,15-17,29H,7H2,1H3,(H,25,30)/t15-,17?/m0/s1. The minimum absolute atomic E-state index is 0.0911. The smallest absolute Gasteiger partial charge is 0.284 e. The molecule has 1 aromatic carbocycles. The van der Waals surface area contributed by atoms with Crippen molar-refractivity contribution in [3.8, 4) is 16.9 Å². The van der Waals surface area contributed by atoms with Crippen LogP contribution in [0.15, 0.2) is 47.5 Å². The molecule has 0 saturated heterocycles. The Morgan fingerprint density at radius 2 is 1.90 bits per heavy atom. The summed E-state index contributed by atoms with van der Waals surface area (Å²) in [7, 11) is 1.58. The van der Waals surface area contributed by atoms with Gasteiger partial charge in [-0.15, -0.1) is 0 Å². The van der Waals surface area contributed by atoms with Crippen molar-refractivity contribution in [3.63, 3.8) is 0 Å². The first-order valence-corrected chi connectivity index (χ1v) is 8.91. The topological polar surface area (TPSA) is 102 Å². The molecule has 2 atom stereocenters. The fourth-order valence-electron chi connectivity index (χ4n) is 2.74. The zero-order valence-corrected chi connectivity index (χ0v) is 16.0. The van der Waals surface area contributed by atoms with Gasteiger partial charge < -0.3 is 10.4 Å². The highest BCUT2D eigenvalue weighted by molar-refractivity contribution is 5.95. The molecule has 0 spiro atoms. The van der Waals surface area contributed by atoms with Gasteiger partial charge in [0.2, 0.25) is 6.36 Å². The minimum atomic E-state index is -3.42. The van der Waals surface area contributed by atoms with Crippen LogP contribution in [0.5, 0.6) is 0 Å². The summed E-state index contributed by atoms with van der Waals surface area (Å²) in [6.45, 7) is -0.697. The van der Waals surface area contributed by atoms with Gasteiger partial charge in [0, 0.05) is 12.6 Å². The van der Waals surface area contributed by atoms with Crippen molar-refractivity contribution in [2.24, 2.45) is 7.05 Å². The van der Waals surface area contributed by atoms with Crippen LogP contribution >= 0.6 is 0 Å². The summed E-state index contributed by atoms with van der Waals surface area (Å²) in [6.07, 6.45) is -3.74. The number of amides is 1. The van der Waals surface area contributed by atoms with Crippen LogP contribution in [-0.2, 0) is 13.7 Å².